The van der Waals surface area contributed by atoms with Crippen LogP contribution >= 0.6 is 0 Å². The number of pyridine rings is 2. The number of piperidine rings is 1. The average Bonchev–Trinajstić information content (AvgIpc) is 2.69. The Bertz CT molecular complexity index is 849. The first-order chi connectivity index (χ1) is 12.8. The first-order valence-corrected chi connectivity index (χ1v) is 9.15. The topological polar surface area (TPSA) is 29.0 Å². The molecule has 26 heavy (non-hydrogen) atoms. The smallest absolute Gasteiger partial charge is 0.123 e. The molecule has 1 saturated heterocycles. The van der Waals surface area contributed by atoms with Crippen molar-refractivity contribution in [2.24, 2.45) is 0 Å². The van der Waals surface area contributed by atoms with Crippen LogP contribution in [0.5, 0.6) is 0 Å². The van der Waals surface area contributed by atoms with Crippen LogP contribution in [0.25, 0.3) is 11.3 Å². The van der Waals surface area contributed by atoms with Crippen molar-refractivity contribution in [2.45, 2.75) is 31.8 Å². The van der Waals surface area contributed by atoms with Gasteiger partial charge in [0.2, 0.25) is 0 Å². The maximum atomic E-state index is 13.4. The zero-order valence-electron chi connectivity index (χ0n) is 14.7. The van der Waals surface area contributed by atoms with Crippen molar-refractivity contribution in [3.8, 4) is 11.3 Å². The quantitative estimate of drug-likeness (QED) is 0.664. The van der Waals surface area contributed by atoms with Crippen LogP contribution in [0.3, 0.4) is 0 Å². The zero-order chi connectivity index (χ0) is 17.8. The van der Waals surface area contributed by atoms with E-state index in [0.717, 1.165) is 36.5 Å². The Labute approximate surface area is 153 Å². The van der Waals surface area contributed by atoms with Gasteiger partial charge < -0.3 is 0 Å². The predicted octanol–water partition coefficient (Wildman–Crippen LogP) is 5.01. The molecule has 3 aromatic rings. The normalized spacial score (nSPS) is 18.0. The Morgan fingerprint density at radius 2 is 1.96 bits per heavy atom. The third-order valence-corrected chi connectivity index (χ3v) is 5.00. The van der Waals surface area contributed by atoms with Crippen molar-refractivity contribution < 1.29 is 4.39 Å². The molecule has 0 bridgehead atoms. The molecule has 2 aromatic heterocycles. The molecule has 1 aliphatic rings. The highest BCUT2D eigenvalue weighted by Gasteiger charge is 2.24. The van der Waals surface area contributed by atoms with Gasteiger partial charge in [-0.15, -0.1) is 0 Å². The van der Waals surface area contributed by atoms with Gasteiger partial charge in [0.25, 0.3) is 0 Å². The van der Waals surface area contributed by atoms with E-state index in [-0.39, 0.29) is 5.82 Å². The summed E-state index contributed by atoms with van der Waals surface area (Å²) in [7, 11) is 0. The number of aromatic nitrogens is 2. The van der Waals surface area contributed by atoms with Crippen molar-refractivity contribution in [2.75, 3.05) is 6.54 Å². The third-order valence-electron chi connectivity index (χ3n) is 5.00. The number of benzene rings is 1. The molecule has 0 aliphatic carbocycles. The molecule has 0 spiro atoms. The second-order valence-electron chi connectivity index (χ2n) is 6.79. The summed E-state index contributed by atoms with van der Waals surface area (Å²) in [5.41, 5.74) is 3.94. The number of halogens is 1. The van der Waals surface area contributed by atoms with Gasteiger partial charge in [0, 0.05) is 30.5 Å². The maximum Gasteiger partial charge on any atom is 0.123 e. The number of rotatable bonds is 4. The van der Waals surface area contributed by atoms with Gasteiger partial charge in [-0.05, 0) is 55.3 Å². The summed E-state index contributed by atoms with van der Waals surface area (Å²) in [5.74, 6) is -0.234. The Morgan fingerprint density at radius 1 is 1.00 bits per heavy atom. The Kier molecular flexibility index (Phi) is 5.02. The van der Waals surface area contributed by atoms with Gasteiger partial charge in [-0.2, -0.15) is 0 Å². The Hall–Kier alpha value is -2.59. The summed E-state index contributed by atoms with van der Waals surface area (Å²) in [6.45, 7) is 1.93. The summed E-state index contributed by atoms with van der Waals surface area (Å²) in [6, 6.07) is 17.1. The van der Waals surface area contributed by atoms with Crippen LogP contribution in [-0.4, -0.2) is 21.4 Å². The summed E-state index contributed by atoms with van der Waals surface area (Å²) < 4.78 is 13.4. The first-order valence-electron chi connectivity index (χ1n) is 9.15. The summed E-state index contributed by atoms with van der Waals surface area (Å²) in [5, 5.41) is 0. The molecular weight excluding hydrogens is 325 g/mol. The average molecular weight is 347 g/mol. The number of hydrogen-bond donors (Lipinski definition) is 0. The minimum Gasteiger partial charge on any atom is -0.290 e. The summed E-state index contributed by atoms with van der Waals surface area (Å²) in [4.78, 5) is 11.6. The van der Waals surface area contributed by atoms with Gasteiger partial charge in [-0.3, -0.25) is 14.9 Å². The molecule has 1 fully saturated rings. The van der Waals surface area contributed by atoms with E-state index >= 15 is 0 Å². The molecule has 3 heterocycles. The molecule has 3 nitrogen and oxygen atoms in total. The lowest BCUT2D eigenvalue weighted by molar-refractivity contribution is 0.138. The molecule has 0 radical (unpaired) electrons. The maximum absolute atomic E-state index is 13.4. The standard InChI is InChI=1S/C22H22FN3/c23-19-7-5-6-17(14-19)21-11-10-18(15-25-21)22-9-2-4-13-26(22)16-20-8-1-3-12-24-20/h1,3,5-8,10-12,14-15,22H,2,4,9,13,16H2/t22-/m0/s1. The predicted molar refractivity (Wildman–Crippen MR) is 101 cm³/mol. The second kappa shape index (κ2) is 7.75. The number of likely N-dealkylation sites (tertiary alicyclic amines) is 1. The van der Waals surface area contributed by atoms with E-state index in [2.05, 4.69) is 27.0 Å². The summed E-state index contributed by atoms with van der Waals surface area (Å²) in [6.07, 6.45) is 7.38. The zero-order valence-corrected chi connectivity index (χ0v) is 14.7. The van der Waals surface area contributed by atoms with Gasteiger partial charge in [-0.25, -0.2) is 4.39 Å². The van der Waals surface area contributed by atoms with Gasteiger partial charge in [0.1, 0.15) is 5.82 Å². The lowest BCUT2D eigenvalue weighted by Crippen LogP contribution is -2.33. The van der Waals surface area contributed by atoms with Crippen molar-refractivity contribution in [3.05, 3.63) is 84.1 Å². The lowest BCUT2D eigenvalue weighted by Gasteiger charge is -2.35. The van der Waals surface area contributed by atoms with E-state index in [1.807, 2.05) is 36.7 Å². The van der Waals surface area contributed by atoms with Gasteiger partial charge in [0.05, 0.1) is 11.4 Å². The molecule has 0 N–H and O–H groups in total. The minimum atomic E-state index is -0.234. The van der Waals surface area contributed by atoms with Crippen LogP contribution in [0.1, 0.15) is 36.6 Å². The monoisotopic (exact) mass is 347 g/mol. The van der Waals surface area contributed by atoms with E-state index in [9.17, 15) is 4.39 Å². The largest absolute Gasteiger partial charge is 0.290 e. The van der Waals surface area contributed by atoms with Gasteiger partial charge in [0.15, 0.2) is 0 Å². The Balaban J connectivity index is 1.54. The SMILES string of the molecule is Fc1cccc(-c2ccc([C@@H]3CCCCN3Cc3ccccn3)cn2)c1. The molecule has 0 saturated carbocycles. The molecule has 1 aromatic carbocycles. The number of nitrogens with zero attached hydrogens (tertiary/aromatic N) is 3. The Morgan fingerprint density at radius 3 is 2.73 bits per heavy atom. The molecule has 4 heteroatoms. The van der Waals surface area contributed by atoms with E-state index in [0.29, 0.717) is 6.04 Å². The fourth-order valence-corrected chi connectivity index (χ4v) is 3.68. The molecule has 0 amide bonds. The second-order valence-corrected chi connectivity index (χ2v) is 6.79. The molecule has 132 valence electrons. The van der Waals surface area contributed by atoms with Gasteiger partial charge >= 0.3 is 0 Å². The van der Waals surface area contributed by atoms with Crippen LogP contribution in [0, 0.1) is 5.82 Å². The lowest BCUT2D eigenvalue weighted by atomic mass is 9.95. The van der Waals surface area contributed by atoms with E-state index in [1.54, 1.807) is 6.07 Å². The van der Waals surface area contributed by atoms with Crippen molar-refractivity contribution in [3.63, 3.8) is 0 Å². The summed E-state index contributed by atoms with van der Waals surface area (Å²) >= 11 is 0. The van der Waals surface area contributed by atoms with E-state index < -0.39 is 0 Å². The highest BCUT2D eigenvalue weighted by molar-refractivity contribution is 5.59. The van der Waals surface area contributed by atoms with Crippen molar-refractivity contribution in [1.82, 2.24) is 14.9 Å². The molecule has 0 unspecified atom stereocenters. The molecule has 4 rings (SSSR count). The molecule has 1 aliphatic heterocycles. The molecular formula is C22H22FN3. The van der Waals surface area contributed by atoms with E-state index in [1.165, 1.54) is 30.5 Å². The fraction of sp³-hybridized carbons (Fsp3) is 0.273. The highest BCUT2D eigenvalue weighted by atomic mass is 19.1. The van der Waals surface area contributed by atoms with E-state index in [4.69, 9.17) is 0 Å². The fourth-order valence-electron chi connectivity index (χ4n) is 3.68. The minimum absolute atomic E-state index is 0.234. The van der Waals surface area contributed by atoms with Crippen LogP contribution < -0.4 is 0 Å². The third kappa shape index (κ3) is 3.81. The first kappa shape index (κ1) is 16.9. The highest BCUT2D eigenvalue weighted by Crippen LogP contribution is 2.32. The molecule has 1 atom stereocenters. The van der Waals surface area contributed by atoms with Crippen LogP contribution in [-0.2, 0) is 6.54 Å². The van der Waals surface area contributed by atoms with Crippen LogP contribution in [0.15, 0.2) is 67.0 Å². The van der Waals surface area contributed by atoms with Gasteiger partial charge in [-0.1, -0.05) is 30.7 Å². The van der Waals surface area contributed by atoms with Crippen LogP contribution in [0.2, 0.25) is 0 Å². The van der Waals surface area contributed by atoms with Crippen molar-refractivity contribution in [1.29, 1.82) is 0 Å². The number of hydrogen-bond acceptors (Lipinski definition) is 3. The van der Waals surface area contributed by atoms with Crippen molar-refractivity contribution >= 4 is 0 Å². The van der Waals surface area contributed by atoms with Crippen LogP contribution in [0.4, 0.5) is 4.39 Å².